The lowest BCUT2D eigenvalue weighted by molar-refractivity contribution is 0.954. The third kappa shape index (κ3) is 4.59. The average molecular weight is 675 g/mol. The van der Waals surface area contributed by atoms with Gasteiger partial charge in [-0.2, -0.15) is 9.97 Å². The molecule has 2 aromatic heterocycles. The van der Waals surface area contributed by atoms with Gasteiger partial charge >= 0.3 is 0 Å². The van der Waals surface area contributed by atoms with Crippen molar-refractivity contribution in [3.8, 4) is 73.2 Å². The second-order valence-corrected chi connectivity index (χ2v) is 13.6. The first kappa shape index (κ1) is 29.5. The minimum Gasteiger partial charge on any atom is -0.278 e. The fourth-order valence-electron chi connectivity index (χ4n) is 8.25. The van der Waals surface area contributed by atoms with Gasteiger partial charge in [0.25, 0.3) is 0 Å². The van der Waals surface area contributed by atoms with E-state index in [0.29, 0.717) is 17.6 Å². The first-order valence-corrected chi connectivity index (χ1v) is 18.0. The van der Waals surface area contributed by atoms with Crippen molar-refractivity contribution < 1.29 is 0 Å². The Morgan fingerprint density at radius 2 is 0.774 bits per heavy atom. The van der Waals surface area contributed by atoms with Crippen molar-refractivity contribution in [3.05, 3.63) is 182 Å². The first-order valence-electron chi connectivity index (χ1n) is 18.0. The van der Waals surface area contributed by atoms with Gasteiger partial charge in [-0.15, -0.1) is 0 Å². The van der Waals surface area contributed by atoms with Gasteiger partial charge in [0, 0.05) is 21.9 Å². The molecular formula is C49H30N4. The van der Waals surface area contributed by atoms with Crippen LogP contribution < -0.4 is 0 Å². The topological polar surface area (TPSA) is 43.6 Å². The van der Waals surface area contributed by atoms with E-state index >= 15 is 0 Å². The monoisotopic (exact) mass is 674 g/mol. The van der Waals surface area contributed by atoms with Gasteiger partial charge in [-0.05, 0) is 67.4 Å². The highest BCUT2D eigenvalue weighted by molar-refractivity contribution is 6.28. The number of benzene rings is 8. The Labute approximate surface area is 306 Å². The van der Waals surface area contributed by atoms with Crippen molar-refractivity contribution in [2.75, 3.05) is 0 Å². The van der Waals surface area contributed by atoms with Crippen LogP contribution in [0.15, 0.2) is 182 Å². The molecule has 0 spiro atoms. The van der Waals surface area contributed by atoms with Gasteiger partial charge < -0.3 is 0 Å². The SMILES string of the molecule is c1ccc(-c2ccc(-c3nc(-c4ccccc4)nc(-n4c5ccccc5c5c6cccc7c6c(cc54)-c4ccccc4-c4ccccc4-7)n3)cc2)cc1. The molecular weight excluding hydrogens is 645 g/mol. The van der Waals surface area contributed by atoms with Crippen LogP contribution in [0.5, 0.6) is 0 Å². The smallest absolute Gasteiger partial charge is 0.238 e. The second kappa shape index (κ2) is 11.7. The van der Waals surface area contributed by atoms with E-state index in [2.05, 4.69) is 162 Å². The Balaban J connectivity index is 1.22. The van der Waals surface area contributed by atoms with Gasteiger partial charge in [-0.25, -0.2) is 4.98 Å². The largest absolute Gasteiger partial charge is 0.278 e. The molecule has 10 aromatic rings. The quantitative estimate of drug-likeness (QED) is 0.187. The fourth-order valence-corrected chi connectivity index (χ4v) is 8.25. The Bertz CT molecular complexity index is 3040. The number of nitrogens with zero attached hydrogens (tertiary/aromatic N) is 4. The van der Waals surface area contributed by atoms with Crippen molar-refractivity contribution in [2.24, 2.45) is 0 Å². The third-order valence-corrected chi connectivity index (χ3v) is 10.6. The molecule has 0 fully saturated rings. The zero-order valence-corrected chi connectivity index (χ0v) is 28.6. The number of hydrogen-bond acceptors (Lipinski definition) is 3. The predicted octanol–water partition coefficient (Wildman–Crippen LogP) is 12.4. The van der Waals surface area contributed by atoms with Crippen LogP contribution in [-0.4, -0.2) is 19.5 Å². The van der Waals surface area contributed by atoms with Crippen molar-refractivity contribution in [1.82, 2.24) is 19.5 Å². The summed E-state index contributed by atoms with van der Waals surface area (Å²) >= 11 is 0. The minimum atomic E-state index is 0.583. The number of hydrogen-bond donors (Lipinski definition) is 0. The molecule has 0 radical (unpaired) electrons. The average Bonchev–Trinajstić information content (AvgIpc) is 3.52. The van der Waals surface area contributed by atoms with Gasteiger partial charge in [0.05, 0.1) is 11.0 Å². The summed E-state index contributed by atoms with van der Waals surface area (Å²) in [6, 6.07) is 64.5. The third-order valence-electron chi connectivity index (χ3n) is 10.6. The van der Waals surface area contributed by atoms with Gasteiger partial charge in [0.15, 0.2) is 11.6 Å². The van der Waals surface area contributed by atoms with Crippen molar-refractivity contribution in [1.29, 1.82) is 0 Å². The van der Waals surface area contributed by atoms with Crippen molar-refractivity contribution >= 4 is 32.6 Å². The van der Waals surface area contributed by atoms with Crippen LogP contribution in [0.4, 0.5) is 0 Å². The molecule has 0 saturated carbocycles. The number of fused-ring (bicyclic) bond motifs is 9. The van der Waals surface area contributed by atoms with E-state index < -0.39 is 0 Å². The maximum atomic E-state index is 5.28. The standard InChI is InChI=1S/C49H30N4/c1-3-14-31(15-4-1)32-26-28-34(29-27-32)48-50-47(33-16-5-2-6-17-33)51-49(52-48)53-43-25-12-11-22-40(43)46-41-24-13-23-39-37-20-9-7-18-35(37)36-19-8-10-21-38(36)42(45(39)41)30-44(46)53/h1-30H. The fraction of sp³-hybridized carbons (Fsp3) is 0. The van der Waals surface area contributed by atoms with Gasteiger partial charge in [-0.1, -0.05) is 170 Å². The molecule has 246 valence electrons. The van der Waals surface area contributed by atoms with E-state index in [1.807, 2.05) is 24.3 Å². The molecule has 0 saturated heterocycles. The van der Waals surface area contributed by atoms with Crippen LogP contribution in [0.2, 0.25) is 0 Å². The maximum absolute atomic E-state index is 5.28. The molecule has 1 aliphatic carbocycles. The molecule has 8 aromatic carbocycles. The zero-order valence-electron chi connectivity index (χ0n) is 28.6. The van der Waals surface area contributed by atoms with Crippen LogP contribution in [0.1, 0.15) is 0 Å². The lowest BCUT2D eigenvalue weighted by Crippen LogP contribution is -2.06. The Hall–Kier alpha value is -7.17. The molecule has 0 atom stereocenters. The molecule has 11 rings (SSSR count). The highest BCUT2D eigenvalue weighted by Gasteiger charge is 2.26. The normalized spacial score (nSPS) is 11.8. The molecule has 0 unspecified atom stereocenters. The predicted molar refractivity (Wildman–Crippen MR) is 218 cm³/mol. The van der Waals surface area contributed by atoms with E-state index in [1.54, 1.807) is 0 Å². The second-order valence-electron chi connectivity index (χ2n) is 13.6. The van der Waals surface area contributed by atoms with Crippen LogP contribution >= 0.6 is 0 Å². The summed E-state index contributed by atoms with van der Waals surface area (Å²) in [6.07, 6.45) is 0. The van der Waals surface area contributed by atoms with Crippen LogP contribution in [0.25, 0.3) is 106 Å². The molecule has 0 N–H and O–H groups in total. The lowest BCUT2D eigenvalue weighted by Gasteiger charge is -2.14. The molecule has 1 aliphatic rings. The highest BCUT2D eigenvalue weighted by atomic mass is 15.2. The Kier molecular flexibility index (Phi) is 6.52. The molecule has 2 heterocycles. The summed E-state index contributed by atoms with van der Waals surface area (Å²) < 4.78 is 2.24. The molecule has 53 heavy (non-hydrogen) atoms. The van der Waals surface area contributed by atoms with Gasteiger partial charge in [0.2, 0.25) is 5.95 Å². The highest BCUT2D eigenvalue weighted by Crippen LogP contribution is 2.50. The van der Waals surface area contributed by atoms with E-state index in [-0.39, 0.29) is 0 Å². The van der Waals surface area contributed by atoms with E-state index in [4.69, 9.17) is 15.0 Å². The van der Waals surface area contributed by atoms with E-state index in [9.17, 15) is 0 Å². The number of aromatic nitrogens is 4. The van der Waals surface area contributed by atoms with Crippen LogP contribution in [0.3, 0.4) is 0 Å². The summed E-state index contributed by atoms with van der Waals surface area (Å²) in [5.74, 6) is 1.84. The summed E-state index contributed by atoms with van der Waals surface area (Å²) in [7, 11) is 0. The molecule has 0 aliphatic heterocycles. The number of para-hydroxylation sites is 1. The van der Waals surface area contributed by atoms with Crippen molar-refractivity contribution in [3.63, 3.8) is 0 Å². The number of rotatable bonds is 4. The van der Waals surface area contributed by atoms with Crippen LogP contribution in [0, 0.1) is 0 Å². The molecule has 4 heteroatoms. The van der Waals surface area contributed by atoms with Crippen LogP contribution in [-0.2, 0) is 0 Å². The Morgan fingerprint density at radius 1 is 0.302 bits per heavy atom. The van der Waals surface area contributed by atoms with Gasteiger partial charge in [-0.3, -0.25) is 4.57 Å². The van der Waals surface area contributed by atoms with E-state index in [1.165, 1.54) is 55.1 Å². The lowest BCUT2D eigenvalue weighted by atomic mass is 9.91. The maximum Gasteiger partial charge on any atom is 0.238 e. The molecule has 4 nitrogen and oxygen atoms in total. The van der Waals surface area contributed by atoms with Crippen molar-refractivity contribution in [2.45, 2.75) is 0 Å². The van der Waals surface area contributed by atoms with E-state index in [0.717, 1.165) is 33.1 Å². The summed E-state index contributed by atoms with van der Waals surface area (Å²) in [4.78, 5) is 15.6. The summed E-state index contributed by atoms with van der Waals surface area (Å²) in [6.45, 7) is 0. The molecule has 0 bridgehead atoms. The Morgan fingerprint density at radius 3 is 1.45 bits per heavy atom. The minimum absolute atomic E-state index is 0.583. The zero-order chi connectivity index (χ0) is 34.9. The molecule has 0 amide bonds. The summed E-state index contributed by atoms with van der Waals surface area (Å²) in [5.41, 5.74) is 13.7. The first-order chi connectivity index (χ1) is 26.3. The van der Waals surface area contributed by atoms with Gasteiger partial charge in [0.1, 0.15) is 0 Å². The summed E-state index contributed by atoms with van der Waals surface area (Å²) in [5, 5.41) is 4.83.